The Morgan fingerprint density at radius 2 is 2.22 bits per heavy atom. The summed E-state index contributed by atoms with van der Waals surface area (Å²) in [6.45, 7) is -0.767. The molecular weight excluding hydrogens is 250 g/mol. The molecule has 0 bridgehead atoms. The van der Waals surface area contributed by atoms with Crippen LogP contribution in [0.2, 0.25) is 0 Å². The summed E-state index contributed by atoms with van der Waals surface area (Å²) in [5, 5.41) is 18.1. The van der Waals surface area contributed by atoms with Crippen LogP contribution in [0.25, 0.3) is 0 Å². The summed E-state index contributed by atoms with van der Waals surface area (Å²) < 4.78 is 32.9. The third kappa shape index (κ3) is 1.88. The van der Waals surface area contributed by atoms with E-state index in [-0.39, 0.29) is 5.69 Å². The lowest BCUT2D eigenvalue weighted by atomic mass is 10.1. The standard InChI is InChI=1S/C10H12F2N2O4/c11-10(12)8(17)6(4-15)18-9(10)14-2-1-5(13)3-7(14)16/h1-3,6,8-9,15,17H,4,13H2/t6-,8-,9-/m1/s1. The second kappa shape index (κ2) is 4.30. The average molecular weight is 262 g/mol. The van der Waals surface area contributed by atoms with Crippen LogP contribution in [0.1, 0.15) is 6.23 Å². The maximum absolute atomic E-state index is 13.7. The Kier molecular flexibility index (Phi) is 3.09. The van der Waals surface area contributed by atoms with Gasteiger partial charge in [0.15, 0.2) is 6.10 Å². The Hall–Kier alpha value is -1.51. The van der Waals surface area contributed by atoms with Gasteiger partial charge >= 0.3 is 5.92 Å². The zero-order valence-corrected chi connectivity index (χ0v) is 9.16. The first-order valence-electron chi connectivity index (χ1n) is 5.17. The number of halogens is 2. The highest BCUT2D eigenvalue weighted by molar-refractivity contribution is 5.34. The van der Waals surface area contributed by atoms with Crippen molar-refractivity contribution >= 4 is 5.69 Å². The highest BCUT2D eigenvalue weighted by atomic mass is 19.3. The molecule has 0 radical (unpaired) electrons. The van der Waals surface area contributed by atoms with Crippen molar-refractivity contribution in [2.75, 3.05) is 12.3 Å². The predicted octanol–water partition coefficient (Wildman–Crippen LogP) is -0.684. The maximum atomic E-state index is 13.7. The van der Waals surface area contributed by atoms with Crippen LogP contribution in [0.4, 0.5) is 14.5 Å². The smallest absolute Gasteiger partial charge is 0.320 e. The molecule has 2 heterocycles. The van der Waals surface area contributed by atoms with E-state index in [4.69, 9.17) is 15.6 Å². The van der Waals surface area contributed by atoms with Crippen molar-refractivity contribution in [2.45, 2.75) is 24.4 Å². The third-order valence-electron chi connectivity index (χ3n) is 2.78. The van der Waals surface area contributed by atoms with E-state index in [1.165, 1.54) is 6.07 Å². The molecule has 1 aromatic heterocycles. The van der Waals surface area contributed by atoms with E-state index in [0.29, 0.717) is 4.57 Å². The second-order valence-corrected chi connectivity index (χ2v) is 4.03. The molecule has 8 heteroatoms. The van der Waals surface area contributed by atoms with Gasteiger partial charge < -0.3 is 20.7 Å². The minimum atomic E-state index is -3.67. The molecule has 1 saturated heterocycles. The number of aliphatic hydroxyl groups is 2. The third-order valence-corrected chi connectivity index (χ3v) is 2.78. The van der Waals surface area contributed by atoms with Crippen LogP contribution < -0.4 is 11.3 Å². The molecule has 4 N–H and O–H groups in total. The molecule has 1 aliphatic rings. The molecule has 1 fully saturated rings. The Labute approximate surface area is 100 Å². The summed E-state index contributed by atoms with van der Waals surface area (Å²) in [7, 11) is 0. The number of aliphatic hydroxyl groups excluding tert-OH is 2. The number of hydrogen-bond donors (Lipinski definition) is 3. The molecule has 2 rings (SSSR count). The molecule has 0 amide bonds. The molecule has 3 atom stereocenters. The summed E-state index contributed by atoms with van der Waals surface area (Å²) >= 11 is 0. The van der Waals surface area contributed by atoms with Gasteiger partial charge in [-0.15, -0.1) is 0 Å². The van der Waals surface area contributed by atoms with E-state index in [9.17, 15) is 18.7 Å². The van der Waals surface area contributed by atoms with Gasteiger partial charge in [-0.1, -0.05) is 0 Å². The van der Waals surface area contributed by atoms with Gasteiger partial charge in [0.25, 0.3) is 5.56 Å². The summed E-state index contributed by atoms with van der Waals surface area (Å²) in [6, 6.07) is 2.23. The minimum Gasteiger partial charge on any atom is -0.399 e. The van der Waals surface area contributed by atoms with Gasteiger partial charge in [0, 0.05) is 18.0 Å². The second-order valence-electron chi connectivity index (χ2n) is 4.03. The Morgan fingerprint density at radius 3 is 2.72 bits per heavy atom. The van der Waals surface area contributed by atoms with E-state index in [2.05, 4.69) is 0 Å². The number of pyridine rings is 1. The van der Waals surface area contributed by atoms with Crippen LogP contribution in [-0.4, -0.2) is 39.5 Å². The van der Waals surface area contributed by atoms with Crippen molar-refractivity contribution in [2.24, 2.45) is 0 Å². The van der Waals surface area contributed by atoms with Crippen molar-refractivity contribution in [3.63, 3.8) is 0 Å². The van der Waals surface area contributed by atoms with Gasteiger partial charge in [-0.3, -0.25) is 9.36 Å². The molecule has 0 unspecified atom stereocenters. The highest BCUT2D eigenvalue weighted by Gasteiger charge is 2.59. The zero-order valence-electron chi connectivity index (χ0n) is 9.16. The van der Waals surface area contributed by atoms with E-state index in [1.54, 1.807) is 0 Å². The molecule has 0 aromatic carbocycles. The SMILES string of the molecule is Nc1ccn([C@@H]2O[C@H](CO)[C@@H](O)C2(F)F)c(=O)c1. The normalized spacial score (nSPS) is 30.6. The molecule has 6 nitrogen and oxygen atoms in total. The fourth-order valence-corrected chi connectivity index (χ4v) is 1.82. The van der Waals surface area contributed by atoms with E-state index < -0.39 is 36.5 Å². The fraction of sp³-hybridized carbons (Fsp3) is 0.500. The molecule has 0 spiro atoms. The van der Waals surface area contributed by atoms with Crippen LogP contribution in [-0.2, 0) is 4.74 Å². The lowest BCUT2D eigenvalue weighted by Crippen LogP contribution is -2.41. The topological polar surface area (TPSA) is 97.7 Å². The van der Waals surface area contributed by atoms with Gasteiger partial charge in [0.2, 0.25) is 6.23 Å². The van der Waals surface area contributed by atoms with Gasteiger partial charge in [0.1, 0.15) is 6.10 Å². The van der Waals surface area contributed by atoms with Gasteiger partial charge in [-0.2, -0.15) is 8.78 Å². The molecular formula is C10H12F2N2O4. The number of ether oxygens (including phenoxy) is 1. The molecule has 0 aliphatic carbocycles. The van der Waals surface area contributed by atoms with Gasteiger partial charge in [-0.05, 0) is 6.07 Å². The monoisotopic (exact) mass is 262 g/mol. The van der Waals surface area contributed by atoms with Crippen molar-refractivity contribution in [3.8, 4) is 0 Å². The van der Waals surface area contributed by atoms with Crippen LogP contribution in [0.15, 0.2) is 23.1 Å². The van der Waals surface area contributed by atoms with E-state index in [1.807, 2.05) is 0 Å². The number of nitrogen functional groups attached to an aromatic ring is 1. The first-order chi connectivity index (χ1) is 8.37. The van der Waals surface area contributed by atoms with Gasteiger partial charge in [0.05, 0.1) is 6.61 Å². The van der Waals surface area contributed by atoms with Crippen molar-refractivity contribution in [1.82, 2.24) is 4.57 Å². The molecule has 18 heavy (non-hydrogen) atoms. The van der Waals surface area contributed by atoms with Crippen molar-refractivity contribution in [3.05, 3.63) is 28.7 Å². The van der Waals surface area contributed by atoms with Crippen LogP contribution in [0.3, 0.4) is 0 Å². The molecule has 100 valence electrons. The highest BCUT2D eigenvalue weighted by Crippen LogP contribution is 2.41. The summed E-state index contributed by atoms with van der Waals surface area (Å²) in [5.74, 6) is -3.67. The van der Waals surface area contributed by atoms with Crippen LogP contribution >= 0.6 is 0 Å². The quantitative estimate of drug-likeness (QED) is 0.656. The Morgan fingerprint density at radius 1 is 1.56 bits per heavy atom. The lowest BCUT2D eigenvalue weighted by Gasteiger charge is -2.21. The number of rotatable bonds is 2. The first kappa shape index (κ1) is 12.9. The fourth-order valence-electron chi connectivity index (χ4n) is 1.82. The molecule has 1 aromatic rings. The summed E-state index contributed by atoms with van der Waals surface area (Å²) in [4.78, 5) is 11.5. The Balaban J connectivity index is 2.42. The number of nitrogens with zero attached hydrogens (tertiary/aromatic N) is 1. The minimum absolute atomic E-state index is 0.136. The summed E-state index contributed by atoms with van der Waals surface area (Å²) in [6.07, 6.45) is -4.51. The van der Waals surface area contributed by atoms with Gasteiger partial charge in [-0.25, -0.2) is 0 Å². The van der Waals surface area contributed by atoms with Crippen LogP contribution in [0.5, 0.6) is 0 Å². The number of aromatic nitrogens is 1. The van der Waals surface area contributed by atoms with Crippen LogP contribution in [0, 0.1) is 0 Å². The average Bonchev–Trinajstić information content (AvgIpc) is 2.52. The largest absolute Gasteiger partial charge is 0.399 e. The molecule has 1 aliphatic heterocycles. The summed E-state index contributed by atoms with van der Waals surface area (Å²) in [5.41, 5.74) is 4.71. The lowest BCUT2D eigenvalue weighted by molar-refractivity contribution is -0.140. The van der Waals surface area contributed by atoms with E-state index in [0.717, 1.165) is 12.3 Å². The number of hydrogen-bond acceptors (Lipinski definition) is 5. The van der Waals surface area contributed by atoms with E-state index >= 15 is 0 Å². The zero-order chi connectivity index (χ0) is 13.5. The number of anilines is 1. The number of alkyl halides is 2. The predicted molar refractivity (Wildman–Crippen MR) is 57.1 cm³/mol. The van der Waals surface area contributed by atoms with Crippen molar-refractivity contribution in [1.29, 1.82) is 0 Å². The molecule has 0 saturated carbocycles. The number of nitrogens with two attached hydrogens (primary N) is 1. The maximum Gasteiger partial charge on any atom is 0.320 e. The first-order valence-corrected chi connectivity index (χ1v) is 5.17. The van der Waals surface area contributed by atoms with Crippen molar-refractivity contribution < 1.29 is 23.7 Å². The Bertz CT molecular complexity index is 505.